The third kappa shape index (κ3) is 1.66. The van der Waals surface area contributed by atoms with Gasteiger partial charge in [-0.3, -0.25) is 4.90 Å². The van der Waals surface area contributed by atoms with E-state index in [9.17, 15) is 13.6 Å². The molecule has 5 heteroatoms. The standard InChI is InChI=1S/C12H11F2NO2/c13-12(14)6-9-10(8-4-2-1-3-5-8)17-11(16)15(9)7-12/h1-5,9-10H,6-7H2. The Morgan fingerprint density at radius 1 is 1.29 bits per heavy atom. The number of amides is 1. The van der Waals surface area contributed by atoms with Gasteiger partial charge in [-0.2, -0.15) is 0 Å². The molecule has 2 fully saturated rings. The maximum atomic E-state index is 13.3. The highest BCUT2D eigenvalue weighted by Gasteiger charge is 2.55. The van der Waals surface area contributed by atoms with Crippen molar-refractivity contribution in [2.24, 2.45) is 0 Å². The fourth-order valence-corrected chi connectivity index (χ4v) is 2.51. The number of hydrogen-bond donors (Lipinski definition) is 0. The smallest absolute Gasteiger partial charge is 0.411 e. The summed E-state index contributed by atoms with van der Waals surface area (Å²) in [6.45, 7) is -0.528. The molecule has 0 spiro atoms. The predicted molar refractivity (Wildman–Crippen MR) is 55.7 cm³/mol. The zero-order valence-corrected chi connectivity index (χ0v) is 8.98. The number of halogens is 2. The first-order valence-electron chi connectivity index (χ1n) is 5.47. The van der Waals surface area contributed by atoms with Crippen LogP contribution in [0.2, 0.25) is 0 Å². The molecule has 90 valence electrons. The minimum Gasteiger partial charge on any atom is -0.439 e. The maximum absolute atomic E-state index is 13.3. The van der Waals surface area contributed by atoms with E-state index >= 15 is 0 Å². The number of carbonyl (C=O) groups is 1. The van der Waals surface area contributed by atoms with Crippen molar-refractivity contribution in [2.45, 2.75) is 24.5 Å². The van der Waals surface area contributed by atoms with Gasteiger partial charge in [0.2, 0.25) is 0 Å². The van der Waals surface area contributed by atoms with Gasteiger partial charge in [-0.1, -0.05) is 30.3 Å². The van der Waals surface area contributed by atoms with Gasteiger partial charge in [0.05, 0.1) is 12.6 Å². The number of nitrogens with zero attached hydrogens (tertiary/aromatic N) is 1. The average molecular weight is 239 g/mol. The molecule has 2 aliphatic rings. The van der Waals surface area contributed by atoms with Crippen molar-refractivity contribution in [1.82, 2.24) is 4.90 Å². The fraction of sp³-hybridized carbons (Fsp3) is 0.417. The average Bonchev–Trinajstić information content (AvgIpc) is 2.76. The Bertz CT molecular complexity index is 449. The summed E-state index contributed by atoms with van der Waals surface area (Å²) >= 11 is 0. The summed E-state index contributed by atoms with van der Waals surface area (Å²) in [5.74, 6) is -2.79. The highest BCUT2D eigenvalue weighted by atomic mass is 19.3. The second kappa shape index (κ2) is 3.42. The topological polar surface area (TPSA) is 29.5 Å². The SMILES string of the molecule is O=C1OC(c2ccccc2)C2CC(F)(F)CN12. The summed E-state index contributed by atoms with van der Waals surface area (Å²) in [4.78, 5) is 12.6. The third-order valence-corrected chi connectivity index (χ3v) is 3.25. The molecule has 2 atom stereocenters. The lowest BCUT2D eigenvalue weighted by atomic mass is 10.0. The monoisotopic (exact) mass is 239 g/mol. The van der Waals surface area contributed by atoms with Gasteiger partial charge in [0.15, 0.2) is 0 Å². The summed E-state index contributed by atoms with van der Waals surface area (Å²) in [6, 6.07) is 8.48. The lowest BCUT2D eigenvalue weighted by Crippen LogP contribution is -2.29. The minimum absolute atomic E-state index is 0.321. The Kier molecular flexibility index (Phi) is 2.11. The summed E-state index contributed by atoms with van der Waals surface area (Å²) in [5.41, 5.74) is 0.769. The number of cyclic esters (lactones) is 1. The molecule has 3 rings (SSSR count). The zero-order valence-electron chi connectivity index (χ0n) is 8.98. The van der Waals surface area contributed by atoms with Crippen LogP contribution in [0, 0.1) is 0 Å². The normalized spacial score (nSPS) is 30.2. The van der Waals surface area contributed by atoms with E-state index in [1.807, 2.05) is 6.07 Å². The molecule has 1 aromatic carbocycles. The molecule has 3 nitrogen and oxygen atoms in total. The lowest BCUT2D eigenvalue weighted by molar-refractivity contribution is 0.00293. The van der Waals surface area contributed by atoms with Crippen LogP contribution in [-0.2, 0) is 4.74 Å². The van der Waals surface area contributed by atoms with E-state index in [1.54, 1.807) is 24.3 Å². The summed E-state index contributed by atoms with van der Waals surface area (Å²) in [5, 5.41) is 0. The molecular formula is C12H11F2NO2. The molecule has 1 aromatic rings. The van der Waals surface area contributed by atoms with Gasteiger partial charge in [-0.05, 0) is 5.56 Å². The van der Waals surface area contributed by atoms with Gasteiger partial charge >= 0.3 is 6.09 Å². The van der Waals surface area contributed by atoms with Gasteiger partial charge in [0.1, 0.15) is 6.10 Å². The van der Waals surface area contributed by atoms with E-state index in [2.05, 4.69) is 0 Å². The van der Waals surface area contributed by atoms with Crippen molar-refractivity contribution in [3.05, 3.63) is 35.9 Å². The van der Waals surface area contributed by atoms with Crippen LogP contribution in [-0.4, -0.2) is 29.5 Å². The Hall–Kier alpha value is -1.65. The van der Waals surface area contributed by atoms with Crippen molar-refractivity contribution in [1.29, 1.82) is 0 Å². The van der Waals surface area contributed by atoms with E-state index in [4.69, 9.17) is 4.74 Å². The Morgan fingerprint density at radius 3 is 2.71 bits per heavy atom. The molecule has 0 N–H and O–H groups in total. The van der Waals surface area contributed by atoms with Crippen molar-refractivity contribution in [3.8, 4) is 0 Å². The molecule has 2 heterocycles. The van der Waals surface area contributed by atoms with Gasteiger partial charge < -0.3 is 4.74 Å². The van der Waals surface area contributed by atoms with Crippen LogP contribution in [0.25, 0.3) is 0 Å². The Labute approximate surface area is 97.0 Å². The highest BCUT2D eigenvalue weighted by Crippen LogP contribution is 2.44. The molecule has 0 saturated carbocycles. The molecule has 2 saturated heterocycles. The molecule has 2 aliphatic heterocycles. The molecule has 0 aromatic heterocycles. The van der Waals surface area contributed by atoms with Gasteiger partial charge in [0, 0.05) is 6.42 Å². The van der Waals surface area contributed by atoms with Gasteiger partial charge in [-0.15, -0.1) is 0 Å². The van der Waals surface area contributed by atoms with Crippen LogP contribution in [0.3, 0.4) is 0 Å². The molecule has 0 aliphatic carbocycles. The van der Waals surface area contributed by atoms with Crippen molar-refractivity contribution < 1.29 is 18.3 Å². The number of benzene rings is 1. The number of fused-ring (bicyclic) bond motifs is 1. The van der Waals surface area contributed by atoms with Crippen LogP contribution >= 0.6 is 0 Å². The molecular weight excluding hydrogens is 228 g/mol. The van der Waals surface area contributed by atoms with E-state index in [0.29, 0.717) is 0 Å². The van der Waals surface area contributed by atoms with Crippen LogP contribution in [0.15, 0.2) is 30.3 Å². The fourth-order valence-electron chi connectivity index (χ4n) is 2.51. The summed E-state index contributed by atoms with van der Waals surface area (Å²) in [7, 11) is 0. The molecule has 17 heavy (non-hydrogen) atoms. The lowest BCUT2D eigenvalue weighted by Gasteiger charge is -2.16. The van der Waals surface area contributed by atoms with Gasteiger partial charge in [0.25, 0.3) is 5.92 Å². The van der Waals surface area contributed by atoms with Crippen LogP contribution in [0.5, 0.6) is 0 Å². The zero-order chi connectivity index (χ0) is 12.0. The van der Waals surface area contributed by atoms with Crippen LogP contribution in [0.1, 0.15) is 18.1 Å². The molecule has 1 amide bonds. The van der Waals surface area contributed by atoms with E-state index in [-0.39, 0.29) is 6.42 Å². The second-order valence-electron chi connectivity index (χ2n) is 4.47. The third-order valence-electron chi connectivity index (χ3n) is 3.25. The molecule has 2 unspecified atom stereocenters. The second-order valence-corrected chi connectivity index (χ2v) is 4.47. The number of hydrogen-bond acceptors (Lipinski definition) is 2. The van der Waals surface area contributed by atoms with Crippen LogP contribution in [0.4, 0.5) is 13.6 Å². The largest absolute Gasteiger partial charge is 0.439 e. The first kappa shape index (κ1) is 10.5. The predicted octanol–water partition coefficient (Wildman–Crippen LogP) is 2.59. The van der Waals surface area contributed by atoms with E-state index in [0.717, 1.165) is 10.5 Å². The van der Waals surface area contributed by atoms with E-state index in [1.165, 1.54) is 0 Å². The maximum Gasteiger partial charge on any atom is 0.411 e. The first-order valence-corrected chi connectivity index (χ1v) is 5.47. The van der Waals surface area contributed by atoms with Gasteiger partial charge in [-0.25, -0.2) is 13.6 Å². The summed E-state index contributed by atoms with van der Waals surface area (Å²) in [6.07, 6.45) is -1.53. The number of ether oxygens (including phenoxy) is 1. The van der Waals surface area contributed by atoms with Crippen molar-refractivity contribution in [2.75, 3.05) is 6.54 Å². The van der Waals surface area contributed by atoms with Crippen molar-refractivity contribution >= 4 is 6.09 Å². The molecule has 0 bridgehead atoms. The quantitative estimate of drug-likeness (QED) is 0.753. The number of rotatable bonds is 1. The number of alkyl halides is 2. The summed E-state index contributed by atoms with van der Waals surface area (Å²) < 4.78 is 31.7. The Morgan fingerprint density at radius 2 is 2.00 bits per heavy atom. The first-order chi connectivity index (χ1) is 8.07. The Balaban J connectivity index is 1.91. The highest BCUT2D eigenvalue weighted by molar-refractivity contribution is 5.72. The van der Waals surface area contributed by atoms with Crippen LogP contribution < -0.4 is 0 Å². The minimum atomic E-state index is -2.79. The molecule has 0 radical (unpaired) electrons. The number of carbonyl (C=O) groups excluding carboxylic acids is 1. The van der Waals surface area contributed by atoms with Crippen molar-refractivity contribution in [3.63, 3.8) is 0 Å². The van der Waals surface area contributed by atoms with E-state index < -0.39 is 30.7 Å².